The minimum atomic E-state index is -3.78. The predicted octanol–water partition coefficient (Wildman–Crippen LogP) is 3.27. The zero-order valence-electron chi connectivity index (χ0n) is 10.5. The molecule has 1 rings (SSSR count). The lowest BCUT2D eigenvalue weighted by Gasteiger charge is -2.14. The molecule has 1 aromatic rings. The maximum atomic E-state index is 11.5. The molecule has 0 amide bonds. The van der Waals surface area contributed by atoms with Crippen LogP contribution in [0.15, 0.2) is 17.0 Å². The lowest BCUT2D eigenvalue weighted by atomic mass is 10.1. The lowest BCUT2D eigenvalue weighted by Crippen LogP contribution is -2.08. The Hall–Kier alpha value is -0.740. The zero-order chi connectivity index (χ0) is 13.2. The van der Waals surface area contributed by atoms with Gasteiger partial charge < -0.3 is 4.74 Å². The van der Waals surface area contributed by atoms with Gasteiger partial charge in [0.1, 0.15) is 10.6 Å². The standard InChI is InChI=1S/C12H17ClO3S/c1-8(2)7-16-12-10(4)5-9(3)6-11(12)17(13,14)15/h5-6,8H,7H2,1-4H3. The fraction of sp³-hybridized carbons (Fsp3) is 0.500. The molecule has 0 heterocycles. The average molecular weight is 277 g/mol. The number of ether oxygens (including phenoxy) is 1. The van der Waals surface area contributed by atoms with Crippen molar-refractivity contribution in [2.75, 3.05) is 6.61 Å². The summed E-state index contributed by atoms with van der Waals surface area (Å²) in [4.78, 5) is 0.0531. The topological polar surface area (TPSA) is 43.4 Å². The lowest BCUT2D eigenvalue weighted by molar-refractivity contribution is 0.263. The molecule has 0 aromatic heterocycles. The molecule has 0 radical (unpaired) electrons. The summed E-state index contributed by atoms with van der Waals surface area (Å²) in [5.74, 6) is 0.681. The Balaban J connectivity index is 3.26. The molecule has 0 aliphatic carbocycles. The quantitative estimate of drug-likeness (QED) is 0.793. The van der Waals surface area contributed by atoms with Gasteiger partial charge in [-0.1, -0.05) is 19.9 Å². The van der Waals surface area contributed by atoms with E-state index in [1.807, 2.05) is 33.8 Å². The van der Waals surface area contributed by atoms with Crippen LogP contribution in [-0.2, 0) is 9.05 Å². The van der Waals surface area contributed by atoms with Crippen LogP contribution < -0.4 is 4.74 Å². The molecule has 0 aliphatic rings. The monoisotopic (exact) mass is 276 g/mol. The molecule has 0 saturated carbocycles. The van der Waals surface area contributed by atoms with E-state index in [0.29, 0.717) is 18.3 Å². The first-order valence-electron chi connectivity index (χ1n) is 5.40. The van der Waals surface area contributed by atoms with E-state index in [-0.39, 0.29) is 4.90 Å². The summed E-state index contributed by atoms with van der Waals surface area (Å²) in [6.07, 6.45) is 0. The van der Waals surface area contributed by atoms with Gasteiger partial charge in [-0.3, -0.25) is 0 Å². The predicted molar refractivity (Wildman–Crippen MR) is 69.3 cm³/mol. The second-order valence-electron chi connectivity index (χ2n) is 4.55. The number of benzene rings is 1. The summed E-state index contributed by atoms with van der Waals surface area (Å²) in [5.41, 5.74) is 1.63. The van der Waals surface area contributed by atoms with Gasteiger partial charge in [-0.05, 0) is 37.0 Å². The van der Waals surface area contributed by atoms with Crippen LogP contribution >= 0.6 is 10.7 Å². The van der Waals surface area contributed by atoms with Crippen molar-refractivity contribution >= 4 is 19.7 Å². The molecular formula is C12H17ClO3S. The van der Waals surface area contributed by atoms with Gasteiger partial charge in [-0.25, -0.2) is 8.42 Å². The van der Waals surface area contributed by atoms with E-state index in [9.17, 15) is 8.42 Å². The van der Waals surface area contributed by atoms with Crippen molar-refractivity contribution in [2.45, 2.75) is 32.6 Å². The summed E-state index contributed by atoms with van der Waals surface area (Å²) in [6, 6.07) is 3.41. The molecule has 0 N–H and O–H groups in total. The van der Waals surface area contributed by atoms with Crippen molar-refractivity contribution in [3.05, 3.63) is 23.3 Å². The van der Waals surface area contributed by atoms with Gasteiger partial charge in [0.05, 0.1) is 6.61 Å². The summed E-state index contributed by atoms with van der Waals surface area (Å²) >= 11 is 0. The number of hydrogen-bond acceptors (Lipinski definition) is 3. The highest BCUT2D eigenvalue weighted by molar-refractivity contribution is 8.13. The Labute approximate surface area is 107 Å². The molecule has 3 nitrogen and oxygen atoms in total. The summed E-state index contributed by atoms with van der Waals surface area (Å²) in [5, 5.41) is 0. The summed E-state index contributed by atoms with van der Waals surface area (Å²) in [7, 11) is 1.64. The first-order valence-corrected chi connectivity index (χ1v) is 7.71. The number of hydrogen-bond donors (Lipinski definition) is 0. The Bertz CT molecular complexity index is 507. The van der Waals surface area contributed by atoms with Crippen molar-refractivity contribution in [1.29, 1.82) is 0 Å². The van der Waals surface area contributed by atoms with E-state index in [1.54, 1.807) is 0 Å². The Morgan fingerprint density at radius 2 is 1.88 bits per heavy atom. The van der Waals surface area contributed by atoms with Gasteiger partial charge in [-0.2, -0.15) is 0 Å². The van der Waals surface area contributed by atoms with Crippen molar-refractivity contribution in [1.82, 2.24) is 0 Å². The van der Waals surface area contributed by atoms with E-state index in [0.717, 1.165) is 11.1 Å². The van der Waals surface area contributed by atoms with Crippen molar-refractivity contribution in [2.24, 2.45) is 5.92 Å². The van der Waals surface area contributed by atoms with Crippen LogP contribution in [0.2, 0.25) is 0 Å². The largest absolute Gasteiger partial charge is 0.492 e. The third-order valence-electron chi connectivity index (χ3n) is 2.21. The molecule has 96 valence electrons. The molecule has 0 spiro atoms. The smallest absolute Gasteiger partial charge is 0.265 e. The third-order valence-corrected chi connectivity index (χ3v) is 3.54. The third kappa shape index (κ3) is 3.89. The van der Waals surface area contributed by atoms with Crippen LogP contribution in [0.5, 0.6) is 5.75 Å². The van der Waals surface area contributed by atoms with Crippen molar-refractivity contribution in [3.8, 4) is 5.75 Å². The fourth-order valence-electron chi connectivity index (χ4n) is 1.53. The second kappa shape index (κ2) is 5.27. The molecule has 0 aliphatic heterocycles. The SMILES string of the molecule is Cc1cc(C)c(OCC(C)C)c(S(=O)(=O)Cl)c1. The number of rotatable bonds is 4. The van der Waals surface area contributed by atoms with Crippen molar-refractivity contribution in [3.63, 3.8) is 0 Å². The Kier molecular flexibility index (Phi) is 4.44. The molecule has 1 aromatic carbocycles. The first kappa shape index (κ1) is 14.3. The molecule has 5 heteroatoms. The van der Waals surface area contributed by atoms with E-state index in [1.165, 1.54) is 6.07 Å². The minimum absolute atomic E-state index is 0.0531. The zero-order valence-corrected chi connectivity index (χ0v) is 12.0. The number of aryl methyl sites for hydroxylation is 2. The van der Waals surface area contributed by atoms with Crippen molar-refractivity contribution < 1.29 is 13.2 Å². The molecular weight excluding hydrogens is 260 g/mol. The molecule has 0 unspecified atom stereocenters. The highest BCUT2D eigenvalue weighted by Crippen LogP contribution is 2.32. The second-order valence-corrected chi connectivity index (χ2v) is 7.09. The number of halogens is 1. The van der Waals surface area contributed by atoms with Gasteiger partial charge in [0, 0.05) is 10.7 Å². The molecule has 17 heavy (non-hydrogen) atoms. The molecule has 0 fully saturated rings. The Morgan fingerprint density at radius 3 is 2.35 bits per heavy atom. The van der Waals surface area contributed by atoms with Crippen LogP contribution in [0.25, 0.3) is 0 Å². The Morgan fingerprint density at radius 1 is 1.29 bits per heavy atom. The van der Waals surface area contributed by atoms with Crippen LogP contribution in [0, 0.1) is 19.8 Å². The maximum Gasteiger partial charge on any atom is 0.265 e. The average Bonchev–Trinajstić information content (AvgIpc) is 2.13. The van der Waals surface area contributed by atoms with Gasteiger partial charge >= 0.3 is 0 Å². The minimum Gasteiger partial charge on any atom is -0.492 e. The van der Waals surface area contributed by atoms with Crippen LogP contribution in [0.4, 0.5) is 0 Å². The highest BCUT2D eigenvalue weighted by Gasteiger charge is 2.19. The van der Waals surface area contributed by atoms with Gasteiger partial charge in [0.15, 0.2) is 0 Å². The summed E-state index contributed by atoms with van der Waals surface area (Å²) in [6.45, 7) is 8.10. The summed E-state index contributed by atoms with van der Waals surface area (Å²) < 4.78 is 28.5. The van der Waals surface area contributed by atoms with Crippen LogP contribution in [0.1, 0.15) is 25.0 Å². The molecule has 0 bridgehead atoms. The van der Waals surface area contributed by atoms with E-state index < -0.39 is 9.05 Å². The van der Waals surface area contributed by atoms with Crippen LogP contribution in [-0.4, -0.2) is 15.0 Å². The highest BCUT2D eigenvalue weighted by atomic mass is 35.7. The molecule has 0 saturated heterocycles. The van der Waals surface area contributed by atoms with Gasteiger partial charge in [0.25, 0.3) is 9.05 Å². The molecule has 0 atom stereocenters. The first-order chi connectivity index (χ1) is 7.71. The van der Waals surface area contributed by atoms with Gasteiger partial charge in [0.2, 0.25) is 0 Å². The van der Waals surface area contributed by atoms with E-state index in [4.69, 9.17) is 15.4 Å². The van der Waals surface area contributed by atoms with Crippen LogP contribution in [0.3, 0.4) is 0 Å². The van der Waals surface area contributed by atoms with E-state index >= 15 is 0 Å². The maximum absolute atomic E-state index is 11.5. The van der Waals surface area contributed by atoms with Gasteiger partial charge in [-0.15, -0.1) is 0 Å². The van der Waals surface area contributed by atoms with E-state index in [2.05, 4.69) is 0 Å². The fourth-order valence-corrected chi connectivity index (χ4v) is 2.64. The normalized spacial score (nSPS) is 11.9.